The van der Waals surface area contributed by atoms with E-state index in [1.165, 1.54) is 0 Å². The second-order valence-corrected chi connectivity index (χ2v) is 8.32. The molecular weight excluding hydrogens is 405 g/mol. The van der Waals surface area contributed by atoms with Gasteiger partial charge in [0.1, 0.15) is 11.2 Å². The Kier molecular flexibility index (Phi) is 7.04. The molecule has 8 nitrogen and oxygen atoms in total. The van der Waals surface area contributed by atoms with Crippen LogP contribution in [0.15, 0.2) is 6.07 Å². The number of aromatic nitrogens is 1. The first-order valence-corrected chi connectivity index (χ1v) is 9.51. The standard InChI is InChI=1S/C19H27F3N4O4/c1-18(2,3)19(30-17(24)28)6-4-10(5-7-19)25-15-12(20)8-11(14(23)27)16(26-15)29-9-13(21)22/h8,10,13H,4-7,9H2,1-3H3,(H2,23,27)(H2,24,28)(H,25,26)/t10-,19-. The van der Waals surface area contributed by atoms with Crippen LogP contribution in [0.5, 0.6) is 5.88 Å². The molecule has 0 spiro atoms. The summed E-state index contributed by atoms with van der Waals surface area (Å²) in [7, 11) is 0. The van der Waals surface area contributed by atoms with Crippen molar-refractivity contribution in [3.8, 4) is 5.88 Å². The maximum absolute atomic E-state index is 14.4. The van der Waals surface area contributed by atoms with E-state index in [9.17, 15) is 22.8 Å². The Morgan fingerprint density at radius 1 is 1.30 bits per heavy atom. The molecule has 0 aliphatic heterocycles. The van der Waals surface area contributed by atoms with Crippen molar-refractivity contribution >= 4 is 17.8 Å². The van der Waals surface area contributed by atoms with Gasteiger partial charge in [-0.15, -0.1) is 0 Å². The van der Waals surface area contributed by atoms with E-state index in [4.69, 9.17) is 20.9 Å². The number of nitrogens with one attached hydrogen (secondary N) is 1. The smallest absolute Gasteiger partial charge is 0.405 e. The average molecular weight is 432 g/mol. The Balaban J connectivity index is 2.18. The van der Waals surface area contributed by atoms with Crippen LogP contribution in [0.2, 0.25) is 0 Å². The minimum atomic E-state index is -2.80. The van der Waals surface area contributed by atoms with E-state index >= 15 is 0 Å². The molecule has 0 saturated heterocycles. The van der Waals surface area contributed by atoms with Crippen molar-refractivity contribution in [2.75, 3.05) is 11.9 Å². The molecule has 5 N–H and O–H groups in total. The van der Waals surface area contributed by atoms with E-state index in [-0.39, 0.29) is 17.3 Å². The molecule has 1 fully saturated rings. The van der Waals surface area contributed by atoms with Crippen molar-refractivity contribution in [2.45, 2.75) is 64.5 Å². The van der Waals surface area contributed by atoms with Gasteiger partial charge in [0.25, 0.3) is 12.3 Å². The Bertz CT molecular complexity index is 791. The van der Waals surface area contributed by atoms with Crippen molar-refractivity contribution in [1.29, 1.82) is 0 Å². The molecule has 168 valence electrons. The molecule has 0 unspecified atom stereocenters. The highest BCUT2D eigenvalue weighted by molar-refractivity contribution is 5.95. The number of alkyl halides is 2. The number of anilines is 1. The highest BCUT2D eigenvalue weighted by atomic mass is 19.3. The molecule has 0 bridgehead atoms. The minimum absolute atomic E-state index is 0.235. The third-order valence-electron chi connectivity index (χ3n) is 5.35. The zero-order valence-electron chi connectivity index (χ0n) is 17.1. The fraction of sp³-hybridized carbons (Fsp3) is 0.632. The molecule has 2 rings (SSSR count). The second-order valence-electron chi connectivity index (χ2n) is 8.32. The predicted octanol–water partition coefficient (Wildman–Crippen LogP) is 3.20. The molecule has 1 saturated carbocycles. The summed E-state index contributed by atoms with van der Waals surface area (Å²) in [5.41, 5.74) is 8.84. The number of hydrogen-bond donors (Lipinski definition) is 3. The summed E-state index contributed by atoms with van der Waals surface area (Å²) in [6.07, 6.45) is -1.68. The Morgan fingerprint density at radius 3 is 2.37 bits per heavy atom. The fourth-order valence-corrected chi connectivity index (χ4v) is 3.62. The van der Waals surface area contributed by atoms with E-state index < -0.39 is 47.9 Å². The SMILES string of the molecule is CC(C)(C)[C@]1(OC(N)=O)CC[C@H](Nc2nc(OCC(F)F)c(C(N)=O)cc2F)CC1. The number of halogens is 3. The largest absolute Gasteiger partial charge is 0.471 e. The van der Waals surface area contributed by atoms with Crippen molar-refractivity contribution in [3.05, 3.63) is 17.4 Å². The second kappa shape index (κ2) is 8.97. The van der Waals surface area contributed by atoms with Crippen LogP contribution in [0.4, 0.5) is 23.8 Å². The fourth-order valence-electron chi connectivity index (χ4n) is 3.62. The number of rotatable bonds is 7. The Labute approximate surface area is 172 Å². The molecule has 1 aromatic rings. The molecule has 1 aliphatic rings. The van der Waals surface area contributed by atoms with Gasteiger partial charge in [0, 0.05) is 11.5 Å². The van der Waals surface area contributed by atoms with E-state index in [1.54, 1.807) is 0 Å². The summed E-state index contributed by atoms with van der Waals surface area (Å²) in [5.74, 6) is -2.63. The van der Waals surface area contributed by atoms with Crippen LogP contribution in [-0.2, 0) is 4.74 Å². The zero-order valence-corrected chi connectivity index (χ0v) is 17.1. The number of ether oxygens (including phenoxy) is 2. The third kappa shape index (κ3) is 5.45. The maximum Gasteiger partial charge on any atom is 0.405 e. The van der Waals surface area contributed by atoms with E-state index in [0.717, 1.165) is 6.07 Å². The maximum atomic E-state index is 14.4. The molecule has 1 aliphatic carbocycles. The minimum Gasteiger partial charge on any atom is -0.471 e. The van der Waals surface area contributed by atoms with Gasteiger partial charge >= 0.3 is 6.09 Å². The number of hydrogen-bond acceptors (Lipinski definition) is 6. The van der Waals surface area contributed by atoms with Gasteiger partial charge in [0.15, 0.2) is 18.2 Å². The zero-order chi connectivity index (χ0) is 22.7. The summed E-state index contributed by atoms with van der Waals surface area (Å²) in [4.78, 5) is 26.7. The topological polar surface area (TPSA) is 130 Å². The van der Waals surface area contributed by atoms with E-state index in [0.29, 0.717) is 25.7 Å². The highest BCUT2D eigenvalue weighted by Crippen LogP contribution is 2.45. The summed E-state index contributed by atoms with van der Waals surface area (Å²) in [5, 5.41) is 2.91. The van der Waals surface area contributed by atoms with Gasteiger partial charge in [-0.05, 0) is 31.7 Å². The first kappa shape index (κ1) is 23.6. The van der Waals surface area contributed by atoms with E-state index in [2.05, 4.69) is 10.3 Å². The molecule has 0 atom stereocenters. The lowest BCUT2D eigenvalue weighted by Crippen LogP contribution is -2.51. The van der Waals surface area contributed by atoms with Crippen molar-refractivity contribution in [2.24, 2.45) is 16.9 Å². The average Bonchev–Trinajstić information content (AvgIpc) is 2.61. The number of amides is 2. The van der Waals surface area contributed by atoms with Gasteiger partial charge in [-0.3, -0.25) is 4.79 Å². The summed E-state index contributed by atoms with van der Waals surface area (Å²) in [6, 6.07) is 0.568. The number of nitrogens with zero attached hydrogens (tertiary/aromatic N) is 1. The summed E-state index contributed by atoms with van der Waals surface area (Å²) >= 11 is 0. The first-order valence-electron chi connectivity index (χ1n) is 9.51. The van der Waals surface area contributed by atoms with Crippen molar-refractivity contribution in [1.82, 2.24) is 4.98 Å². The molecule has 11 heteroatoms. The van der Waals surface area contributed by atoms with Gasteiger partial charge in [-0.1, -0.05) is 20.8 Å². The van der Waals surface area contributed by atoms with Crippen LogP contribution in [0.1, 0.15) is 56.8 Å². The summed E-state index contributed by atoms with van der Waals surface area (Å²) in [6.45, 7) is 4.82. The van der Waals surface area contributed by atoms with Gasteiger partial charge in [-0.25, -0.2) is 18.0 Å². The monoisotopic (exact) mass is 432 g/mol. The lowest BCUT2D eigenvalue weighted by atomic mass is 9.67. The third-order valence-corrected chi connectivity index (χ3v) is 5.35. The predicted molar refractivity (Wildman–Crippen MR) is 103 cm³/mol. The van der Waals surface area contributed by atoms with Gasteiger partial charge in [0.05, 0.1) is 0 Å². The number of nitrogens with two attached hydrogens (primary N) is 2. The van der Waals surface area contributed by atoms with Crippen LogP contribution < -0.4 is 21.5 Å². The molecule has 30 heavy (non-hydrogen) atoms. The number of carbonyl (C=O) groups is 2. The molecule has 1 aromatic heterocycles. The molecular formula is C19H27F3N4O4. The van der Waals surface area contributed by atoms with Crippen LogP contribution in [0, 0.1) is 11.2 Å². The van der Waals surface area contributed by atoms with Gasteiger partial charge in [-0.2, -0.15) is 4.98 Å². The Hall–Kier alpha value is -2.72. The first-order chi connectivity index (χ1) is 13.8. The number of carbonyl (C=O) groups excluding carboxylic acids is 2. The lowest BCUT2D eigenvalue weighted by Gasteiger charge is -2.47. The van der Waals surface area contributed by atoms with Crippen LogP contribution >= 0.6 is 0 Å². The van der Waals surface area contributed by atoms with Crippen molar-refractivity contribution in [3.63, 3.8) is 0 Å². The normalized spacial score (nSPS) is 21.9. The van der Waals surface area contributed by atoms with Gasteiger partial charge in [0.2, 0.25) is 5.88 Å². The molecule has 2 amide bonds. The molecule has 0 aromatic carbocycles. The van der Waals surface area contributed by atoms with Crippen LogP contribution in [-0.4, -0.2) is 41.7 Å². The van der Waals surface area contributed by atoms with Crippen LogP contribution in [0.25, 0.3) is 0 Å². The quantitative estimate of drug-likeness (QED) is 0.607. The van der Waals surface area contributed by atoms with Crippen molar-refractivity contribution < 1.29 is 32.2 Å². The Morgan fingerprint density at radius 2 is 1.90 bits per heavy atom. The van der Waals surface area contributed by atoms with Crippen LogP contribution in [0.3, 0.4) is 0 Å². The van der Waals surface area contributed by atoms with Gasteiger partial charge < -0.3 is 26.3 Å². The number of pyridine rings is 1. The van der Waals surface area contributed by atoms with E-state index in [1.807, 2.05) is 20.8 Å². The lowest BCUT2D eigenvalue weighted by molar-refractivity contribution is -0.0905. The molecule has 1 heterocycles. The highest BCUT2D eigenvalue weighted by Gasteiger charge is 2.47. The molecule has 0 radical (unpaired) electrons. The number of primary amides is 2. The summed E-state index contributed by atoms with van der Waals surface area (Å²) < 4.78 is 49.6.